The van der Waals surface area contributed by atoms with Gasteiger partial charge in [0.25, 0.3) is 5.91 Å². The lowest BCUT2D eigenvalue weighted by Gasteiger charge is -2.26. The van der Waals surface area contributed by atoms with Crippen LogP contribution >= 0.6 is 15.9 Å². The van der Waals surface area contributed by atoms with Gasteiger partial charge < -0.3 is 5.32 Å². The van der Waals surface area contributed by atoms with Crippen molar-refractivity contribution < 1.29 is 9.18 Å². The molecule has 23 heavy (non-hydrogen) atoms. The molecule has 2 N–H and O–H groups in total. The zero-order chi connectivity index (χ0) is 17.2. The van der Waals surface area contributed by atoms with E-state index in [1.807, 2.05) is 27.7 Å². The Morgan fingerprint density at radius 3 is 2.61 bits per heavy atom. The Balaban J connectivity index is 2.11. The minimum Gasteiger partial charge on any atom is -0.350 e. The largest absolute Gasteiger partial charge is 0.350 e. The second kappa shape index (κ2) is 6.83. The lowest BCUT2D eigenvalue weighted by atomic mass is 9.84. The second-order valence-electron chi connectivity index (χ2n) is 6.50. The van der Waals surface area contributed by atoms with Gasteiger partial charge in [0.2, 0.25) is 0 Å². The normalized spacial score (nSPS) is 11.8. The van der Waals surface area contributed by atoms with Crippen LogP contribution in [0.15, 0.2) is 28.7 Å². The molecular weight excluding hydrogens is 361 g/mol. The van der Waals surface area contributed by atoms with E-state index in [2.05, 4.69) is 31.4 Å². The first kappa shape index (κ1) is 17.7. The molecule has 0 saturated carbocycles. The first-order chi connectivity index (χ1) is 10.7. The topological polar surface area (TPSA) is 57.8 Å². The minimum atomic E-state index is -0.523. The van der Waals surface area contributed by atoms with E-state index in [1.165, 1.54) is 6.07 Å². The van der Waals surface area contributed by atoms with Crippen molar-refractivity contribution in [2.24, 2.45) is 0 Å². The van der Waals surface area contributed by atoms with Crippen molar-refractivity contribution in [1.82, 2.24) is 15.5 Å². The van der Waals surface area contributed by atoms with Gasteiger partial charge in [0.1, 0.15) is 5.82 Å². The van der Waals surface area contributed by atoms with E-state index in [9.17, 15) is 9.18 Å². The summed E-state index contributed by atoms with van der Waals surface area (Å²) in [5.74, 6) is -0.326. The van der Waals surface area contributed by atoms with Gasteiger partial charge in [-0.15, -0.1) is 0 Å². The maximum Gasteiger partial charge on any atom is 0.272 e. The van der Waals surface area contributed by atoms with Crippen LogP contribution in [-0.2, 0) is 5.41 Å². The minimum absolute atomic E-state index is 0.230. The highest BCUT2D eigenvalue weighted by Crippen LogP contribution is 2.27. The fourth-order valence-corrected chi connectivity index (χ4v) is 3.18. The predicted molar refractivity (Wildman–Crippen MR) is 92.1 cm³/mol. The van der Waals surface area contributed by atoms with Crippen LogP contribution in [0.5, 0.6) is 0 Å². The van der Waals surface area contributed by atoms with Gasteiger partial charge >= 0.3 is 0 Å². The summed E-state index contributed by atoms with van der Waals surface area (Å²) in [5.41, 5.74) is 1.25. The smallest absolute Gasteiger partial charge is 0.272 e. The molecule has 0 radical (unpaired) electrons. The number of benzene rings is 1. The molecule has 124 valence electrons. The fourth-order valence-electron chi connectivity index (χ4n) is 2.37. The van der Waals surface area contributed by atoms with E-state index >= 15 is 0 Å². The van der Waals surface area contributed by atoms with Crippen molar-refractivity contribution in [3.63, 3.8) is 0 Å². The first-order valence-electron chi connectivity index (χ1n) is 7.51. The fraction of sp³-hybridized carbons (Fsp3) is 0.412. The molecule has 0 saturated heterocycles. The van der Waals surface area contributed by atoms with Crippen molar-refractivity contribution in [2.75, 3.05) is 6.54 Å². The summed E-state index contributed by atoms with van der Waals surface area (Å²) >= 11 is 3.41. The summed E-state index contributed by atoms with van der Waals surface area (Å²) < 4.78 is 14.6. The maximum atomic E-state index is 14.0. The number of nitrogens with one attached hydrogen (secondary N) is 2. The molecule has 2 rings (SSSR count). The third-order valence-corrected chi connectivity index (χ3v) is 4.62. The molecule has 1 heterocycles. The van der Waals surface area contributed by atoms with E-state index in [0.29, 0.717) is 22.3 Å². The van der Waals surface area contributed by atoms with Gasteiger partial charge in [0, 0.05) is 12.0 Å². The van der Waals surface area contributed by atoms with E-state index in [-0.39, 0.29) is 17.6 Å². The van der Waals surface area contributed by atoms with Crippen LogP contribution in [0.25, 0.3) is 0 Å². The molecule has 0 spiro atoms. The molecule has 0 bridgehead atoms. The van der Waals surface area contributed by atoms with Gasteiger partial charge in [-0.2, -0.15) is 5.10 Å². The summed E-state index contributed by atoms with van der Waals surface area (Å²) in [6, 6.07) is 6.61. The monoisotopic (exact) mass is 381 g/mol. The van der Waals surface area contributed by atoms with E-state index < -0.39 is 5.41 Å². The number of carbonyl (C=O) groups is 1. The van der Waals surface area contributed by atoms with Crippen LogP contribution in [0, 0.1) is 5.82 Å². The van der Waals surface area contributed by atoms with E-state index in [1.54, 1.807) is 18.2 Å². The molecule has 0 aliphatic rings. The van der Waals surface area contributed by atoms with Gasteiger partial charge in [0.05, 0.1) is 10.2 Å². The highest BCUT2D eigenvalue weighted by molar-refractivity contribution is 9.10. The van der Waals surface area contributed by atoms with E-state index in [0.717, 1.165) is 5.69 Å². The highest BCUT2D eigenvalue weighted by Gasteiger charge is 2.26. The Morgan fingerprint density at radius 1 is 1.39 bits per heavy atom. The summed E-state index contributed by atoms with van der Waals surface area (Å²) in [6.07, 6.45) is 0. The maximum absolute atomic E-state index is 14.0. The van der Waals surface area contributed by atoms with Crippen LogP contribution < -0.4 is 5.32 Å². The molecule has 4 nitrogen and oxygen atoms in total. The predicted octanol–water partition coefficient (Wildman–Crippen LogP) is 4.14. The van der Waals surface area contributed by atoms with Crippen molar-refractivity contribution in [1.29, 1.82) is 0 Å². The number of H-pyrrole nitrogens is 1. The molecule has 1 amide bonds. The summed E-state index contributed by atoms with van der Waals surface area (Å²) in [5, 5.41) is 9.78. The van der Waals surface area contributed by atoms with Crippen LogP contribution in [0.3, 0.4) is 0 Å². The number of hydrogen-bond donors (Lipinski definition) is 2. The molecule has 0 unspecified atom stereocenters. The Kier molecular flexibility index (Phi) is 5.24. The summed E-state index contributed by atoms with van der Waals surface area (Å²) in [4.78, 5) is 12.3. The van der Waals surface area contributed by atoms with Crippen LogP contribution in [0.2, 0.25) is 0 Å². The SMILES string of the molecule is CC(C)c1[nH]nc(C(=O)NCC(C)(C)c2ccccc2F)c1Br. The number of hydrogen-bond acceptors (Lipinski definition) is 2. The van der Waals surface area contributed by atoms with Gasteiger partial charge in [-0.1, -0.05) is 45.9 Å². The summed E-state index contributed by atoms with van der Waals surface area (Å²) in [7, 11) is 0. The van der Waals surface area contributed by atoms with Crippen molar-refractivity contribution in [3.8, 4) is 0 Å². The lowest BCUT2D eigenvalue weighted by Crippen LogP contribution is -2.37. The Hall–Kier alpha value is -1.69. The molecular formula is C17H21BrFN3O. The number of nitrogens with zero attached hydrogens (tertiary/aromatic N) is 1. The number of amides is 1. The lowest BCUT2D eigenvalue weighted by molar-refractivity contribution is 0.0939. The zero-order valence-corrected chi connectivity index (χ0v) is 15.3. The second-order valence-corrected chi connectivity index (χ2v) is 7.29. The number of rotatable bonds is 5. The first-order valence-corrected chi connectivity index (χ1v) is 8.30. The molecule has 6 heteroatoms. The molecule has 0 aliphatic carbocycles. The van der Waals surface area contributed by atoms with Gasteiger partial charge in [-0.05, 0) is 33.5 Å². The zero-order valence-electron chi connectivity index (χ0n) is 13.7. The van der Waals surface area contributed by atoms with Crippen LogP contribution in [0.1, 0.15) is 55.4 Å². The molecule has 0 fully saturated rings. The van der Waals surface area contributed by atoms with Crippen molar-refractivity contribution in [3.05, 3.63) is 51.5 Å². The highest BCUT2D eigenvalue weighted by atomic mass is 79.9. The third kappa shape index (κ3) is 3.80. The summed E-state index contributed by atoms with van der Waals surface area (Å²) in [6.45, 7) is 8.13. The number of halogens is 2. The average molecular weight is 382 g/mol. The van der Waals surface area contributed by atoms with Crippen LogP contribution in [-0.4, -0.2) is 22.6 Å². The van der Waals surface area contributed by atoms with E-state index in [4.69, 9.17) is 0 Å². The van der Waals surface area contributed by atoms with Crippen molar-refractivity contribution in [2.45, 2.75) is 39.0 Å². The van der Waals surface area contributed by atoms with Gasteiger partial charge in [0.15, 0.2) is 5.69 Å². The Labute approximate surface area is 144 Å². The molecule has 2 aromatic rings. The standard InChI is InChI=1S/C17H21BrFN3O/c1-10(2)14-13(18)15(22-21-14)16(23)20-9-17(3,4)11-7-5-6-8-12(11)19/h5-8,10H,9H2,1-4H3,(H,20,23)(H,21,22). The Bertz CT molecular complexity index is 710. The Morgan fingerprint density at radius 2 is 2.04 bits per heavy atom. The number of carbonyl (C=O) groups excluding carboxylic acids is 1. The van der Waals surface area contributed by atoms with Gasteiger partial charge in [-0.25, -0.2) is 4.39 Å². The quantitative estimate of drug-likeness (QED) is 0.817. The number of aromatic amines is 1. The molecule has 1 aromatic carbocycles. The average Bonchev–Trinajstić information content (AvgIpc) is 2.87. The third-order valence-electron chi connectivity index (χ3n) is 3.82. The molecule has 1 aromatic heterocycles. The van der Waals surface area contributed by atoms with Crippen LogP contribution in [0.4, 0.5) is 4.39 Å². The van der Waals surface area contributed by atoms with Gasteiger partial charge in [-0.3, -0.25) is 9.89 Å². The molecule has 0 aliphatic heterocycles. The molecule has 0 atom stereocenters. The van der Waals surface area contributed by atoms with Crippen molar-refractivity contribution >= 4 is 21.8 Å². The number of aromatic nitrogens is 2.